The molecule has 0 saturated carbocycles. The fraction of sp³-hybridized carbons (Fsp3) is 0.526. The molecule has 1 fully saturated rings. The lowest BCUT2D eigenvalue weighted by atomic mass is 9.93. The first-order valence-electron chi connectivity index (χ1n) is 9.07. The number of aromatic nitrogens is 1. The van der Waals surface area contributed by atoms with E-state index in [9.17, 15) is 23.1 Å². The number of hydrogen-bond acceptors (Lipinski definition) is 5. The number of amidine groups is 1. The summed E-state index contributed by atoms with van der Waals surface area (Å²) in [7, 11) is 0. The lowest BCUT2D eigenvalue weighted by molar-refractivity contribution is -0.137. The quantitative estimate of drug-likeness (QED) is 0.371. The molecular weight excluding hydrogens is 409 g/mol. The summed E-state index contributed by atoms with van der Waals surface area (Å²) in [6.07, 6.45) is -1.45. The van der Waals surface area contributed by atoms with Crippen LogP contribution in [0, 0.1) is 16.7 Å². The lowest BCUT2D eigenvalue weighted by Gasteiger charge is -2.33. The SMILES string of the molecule is CC(C)(C)/C(O)=C/C(=N)NC(=O)C1CCCN(c2ncc(C(F)(F)F)cc2Cl)C1. The highest BCUT2D eigenvalue weighted by Crippen LogP contribution is 2.34. The number of hydrogen-bond donors (Lipinski definition) is 3. The van der Waals surface area contributed by atoms with Gasteiger partial charge < -0.3 is 15.3 Å². The van der Waals surface area contributed by atoms with Crippen molar-refractivity contribution in [2.24, 2.45) is 11.3 Å². The van der Waals surface area contributed by atoms with Crippen LogP contribution in [-0.2, 0) is 11.0 Å². The predicted octanol–water partition coefficient (Wildman–Crippen LogP) is 4.55. The fourth-order valence-electron chi connectivity index (χ4n) is 2.83. The molecule has 1 aliphatic rings. The van der Waals surface area contributed by atoms with Crippen LogP contribution in [0.1, 0.15) is 39.2 Å². The second-order valence-electron chi connectivity index (χ2n) is 7.99. The van der Waals surface area contributed by atoms with Gasteiger partial charge in [-0.1, -0.05) is 32.4 Å². The van der Waals surface area contributed by atoms with Crippen LogP contribution in [0.25, 0.3) is 0 Å². The molecule has 1 unspecified atom stereocenters. The number of pyridine rings is 1. The Bertz CT molecular complexity index is 819. The largest absolute Gasteiger partial charge is 0.512 e. The van der Waals surface area contributed by atoms with Gasteiger partial charge in [-0.15, -0.1) is 0 Å². The van der Waals surface area contributed by atoms with E-state index in [1.54, 1.807) is 25.7 Å². The topological polar surface area (TPSA) is 89.3 Å². The Morgan fingerprint density at radius 2 is 2.07 bits per heavy atom. The molecule has 0 radical (unpaired) electrons. The van der Waals surface area contributed by atoms with Gasteiger partial charge in [0.05, 0.1) is 16.5 Å². The van der Waals surface area contributed by atoms with Crippen LogP contribution in [0.4, 0.5) is 19.0 Å². The summed E-state index contributed by atoms with van der Waals surface area (Å²) < 4.78 is 38.4. The van der Waals surface area contributed by atoms with Crippen LogP contribution in [0.2, 0.25) is 5.02 Å². The molecule has 10 heteroatoms. The van der Waals surface area contributed by atoms with E-state index in [1.807, 2.05) is 0 Å². The number of carbonyl (C=O) groups is 1. The van der Waals surface area contributed by atoms with Crippen molar-refractivity contribution in [1.29, 1.82) is 5.41 Å². The molecule has 0 aromatic carbocycles. The Morgan fingerprint density at radius 1 is 1.41 bits per heavy atom. The zero-order valence-electron chi connectivity index (χ0n) is 16.4. The third kappa shape index (κ3) is 6.09. The molecule has 1 amide bonds. The van der Waals surface area contributed by atoms with Crippen molar-refractivity contribution in [2.45, 2.75) is 39.8 Å². The molecule has 3 N–H and O–H groups in total. The Balaban J connectivity index is 2.07. The fourth-order valence-corrected chi connectivity index (χ4v) is 3.11. The highest BCUT2D eigenvalue weighted by Gasteiger charge is 2.33. The Labute approximate surface area is 172 Å². The number of aliphatic hydroxyl groups excluding tert-OH is 1. The first-order chi connectivity index (χ1) is 13.3. The van der Waals surface area contributed by atoms with Gasteiger partial charge in [0.1, 0.15) is 17.4 Å². The van der Waals surface area contributed by atoms with Gasteiger partial charge in [-0.25, -0.2) is 4.98 Å². The summed E-state index contributed by atoms with van der Waals surface area (Å²) in [5.41, 5.74) is -1.49. The van der Waals surface area contributed by atoms with Crippen molar-refractivity contribution in [1.82, 2.24) is 10.3 Å². The number of anilines is 1. The summed E-state index contributed by atoms with van der Waals surface area (Å²) in [5.74, 6) is -0.966. The summed E-state index contributed by atoms with van der Waals surface area (Å²) >= 11 is 6.01. The predicted molar refractivity (Wildman–Crippen MR) is 105 cm³/mol. The van der Waals surface area contributed by atoms with Crippen molar-refractivity contribution < 1.29 is 23.1 Å². The number of nitrogens with one attached hydrogen (secondary N) is 2. The van der Waals surface area contributed by atoms with Gasteiger partial charge in [0.25, 0.3) is 0 Å². The summed E-state index contributed by atoms with van der Waals surface area (Å²) in [6, 6.07) is 0.823. The number of halogens is 4. The maximum Gasteiger partial charge on any atom is 0.417 e. The Morgan fingerprint density at radius 3 is 2.62 bits per heavy atom. The summed E-state index contributed by atoms with van der Waals surface area (Å²) in [4.78, 5) is 18.0. The first kappa shape index (κ1) is 23.0. The number of piperidine rings is 1. The molecule has 0 aliphatic carbocycles. The van der Waals surface area contributed by atoms with E-state index in [-0.39, 0.29) is 29.0 Å². The second-order valence-corrected chi connectivity index (χ2v) is 8.40. The number of carbonyl (C=O) groups excluding carboxylic acids is 1. The average molecular weight is 433 g/mol. The van der Waals surface area contributed by atoms with Crippen molar-refractivity contribution in [3.8, 4) is 0 Å². The zero-order valence-corrected chi connectivity index (χ0v) is 17.2. The van der Waals surface area contributed by atoms with Gasteiger partial charge in [-0.3, -0.25) is 10.2 Å². The van der Waals surface area contributed by atoms with Crippen LogP contribution in [0.3, 0.4) is 0 Å². The maximum absolute atomic E-state index is 12.8. The van der Waals surface area contributed by atoms with Crippen molar-refractivity contribution in [3.63, 3.8) is 0 Å². The van der Waals surface area contributed by atoms with Gasteiger partial charge in [0.2, 0.25) is 5.91 Å². The molecule has 2 rings (SSSR count). The van der Waals surface area contributed by atoms with Gasteiger partial charge in [0.15, 0.2) is 0 Å². The van der Waals surface area contributed by atoms with E-state index in [4.69, 9.17) is 17.0 Å². The van der Waals surface area contributed by atoms with Crippen LogP contribution < -0.4 is 10.2 Å². The normalized spacial score (nSPS) is 18.5. The van der Waals surface area contributed by atoms with E-state index in [1.165, 1.54) is 6.08 Å². The number of nitrogens with zero attached hydrogens (tertiary/aromatic N) is 2. The summed E-state index contributed by atoms with van der Waals surface area (Å²) in [6.45, 7) is 6.03. The molecule has 160 valence electrons. The smallest absolute Gasteiger partial charge is 0.417 e. The Hall–Kier alpha value is -2.29. The van der Waals surface area contributed by atoms with Crippen LogP contribution in [0.5, 0.6) is 0 Å². The lowest BCUT2D eigenvalue weighted by Crippen LogP contribution is -2.44. The molecular formula is C19H24ClF3N4O2. The highest BCUT2D eigenvalue weighted by molar-refractivity contribution is 6.33. The molecule has 1 saturated heterocycles. The molecule has 1 aromatic rings. The van der Waals surface area contributed by atoms with Gasteiger partial charge in [0, 0.05) is 30.8 Å². The van der Waals surface area contributed by atoms with Crippen LogP contribution >= 0.6 is 11.6 Å². The molecule has 0 spiro atoms. The van der Waals surface area contributed by atoms with Crippen molar-refractivity contribution in [3.05, 3.63) is 34.7 Å². The van der Waals surface area contributed by atoms with Crippen LogP contribution in [-0.4, -0.2) is 34.9 Å². The van der Waals surface area contributed by atoms with Gasteiger partial charge in [-0.05, 0) is 18.9 Å². The van der Waals surface area contributed by atoms with Crippen molar-refractivity contribution in [2.75, 3.05) is 18.0 Å². The molecule has 0 bridgehead atoms. The minimum absolute atomic E-state index is 0.0335. The maximum atomic E-state index is 12.8. The third-order valence-electron chi connectivity index (χ3n) is 4.55. The van der Waals surface area contributed by atoms with E-state index >= 15 is 0 Å². The highest BCUT2D eigenvalue weighted by atomic mass is 35.5. The second kappa shape index (κ2) is 8.61. The molecule has 1 atom stereocenters. The summed E-state index contributed by atoms with van der Waals surface area (Å²) in [5, 5.41) is 20.1. The molecule has 1 aromatic heterocycles. The standard InChI is InChI=1S/C19H24ClF3N4O2/c1-18(2,3)14(28)8-15(24)26-17(29)11-5-4-6-27(10-11)16-13(20)7-12(9-25-16)19(21,22)23/h7-9,11,28H,4-6,10H2,1-3H3,(H2,24,26,29)/b14-8-. The van der Waals surface area contributed by atoms with E-state index in [0.717, 1.165) is 12.3 Å². The third-order valence-corrected chi connectivity index (χ3v) is 4.83. The monoisotopic (exact) mass is 432 g/mol. The molecule has 6 nitrogen and oxygen atoms in total. The Kier molecular flexibility index (Phi) is 6.82. The number of alkyl halides is 3. The van der Waals surface area contributed by atoms with E-state index in [0.29, 0.717) is 19.4 Å². The van der Waals surface area contributed by atoms with Gasteiger partial charge in [-0.2, -0.15) is 13.2 Å². The average Bonchev–Trinajstić information content (AvgIpc) is 2.60. The van der Waals surface area contributed by atoms with E-state index in [2.05, 4.69) is 10.3 Å². The first-order valence-corrected chi connectivity index (χ1v) is 9.45. The number of rotatable bonds is 3. The number of aliphatic hydroxyl groups is 1. The minimum Gasteiger partial charge on any atom is -0.512 e. The molecule has 1 aliphatic heterocycles. The molecule has 2 heterocycles. The van der Waals surface area contributed by atoms with Gasteiger partial charge >= 0.3 is 6.18 Å². The number of allylic oxidation sites excluding steroid dienone is 1. The zero-order chi connectivity index (χ0) is 22.0. The molecule has 29 heavy (non-hydrogen) atoms. The van der Waals surface area contributed by atoms with Crippen LogP contribution in [0.15, 0.2) is 24.1 Å². The van der Waals surface area contributed by atoms with Crippen molar-refractivity contribution >= 4 is 29.2 Å². The number of amides is 1. The van der Waals surface area contributed by atoms with E-state index < -0.39 is 29.0 Å². The minimum atomic E-state index is -4.54.